The third kappa shape index (κ3) is 0.998. The first kappa shape index (κ1) is 7.35. The van der Waals surface area contributed by atoms with Crippen LogP contribution < -0.4 is 0 Å². The summed E-state index contributed by atoms with van der Waals surface area (Å²) in [5, 5.41) is 1.12. The van der Waals surface area contributed by atoms with Crippen molar-refractivity contribution in [2.24, 2.45) is 0 Å². The highest BCUT2D eigenvalue weighted by atomic mass is 19.1. The lowest BCUT2D eigenvalue weighted by atomic mass is 10.1. The molecule has 1 nitrogen and oxygen atoms in total. The van der Waals surface area contributed by atoms with Gasteiger partial charge in [-0.3, -0.25) is 0 Å². The molecule has 2 aromatic rings. The molecule has 2 heteroatoms. The first-order chi connectivity index (χ1) is 5.81. The zero-order valence-corrected chi connectivity index (χ0v) is 6.89. The van der Waals surface area contributed by atoms with E-state index in [0.29, 0.717) is 0 Å². The van der Waals surface area contributed by atoms with Gasteiger partial charge >= 0.3 is 0 Å². The van der Waals surface area contributed by atoms with Gasteiger partial charge in [0.05, 0.1) is 0 Å². The molecule has 1 aromatic heterocycles. The van der Waals surface area contributed by atoms with E-state index < -0.39 is 0 Å². The third-order valence-corrected chi connectivity index (χ3v) is 2.10. The van der Waals surface area contributed by atoms with Crippen molar-refractivity contribution >= 4 is 10.9 Å². The fourth-order valence-electron chi connectivity index (χ4n) is 1.50. The number of hydrogen-bond acceptors (Lipinski definition) is 0. The maximum Gasteiger partial charge on any atom is 0.125 e. The highest BCUT2D eigenvalue weighted by Crippen LogP contribution is 2.19. The van der Waals surface area contributed by atoms with Crippen molar-refractivity contribution in [1.82, 2.24) is 4.98 Å². The van der Waals surface area contributed by atoms with E-state index in [2.05, 4.69) is 4.98 Å². The van der Waals surface area contributed by atoms with Gasteiger partial charge in [-0.05, 0) is 30.2 Å². The van der Waals surface area contributed by atoms with Gasteiger partial charge in [-0.25, -0.2) is 4.39 Å². The summed E-state index contributed by atoms with van der Waals surface area (Å²) in [6.45, 7) is 2.03. The van der Waals surface area contributed by atoms with Gasteiger partial charge in [0.2, 0.25) is 0 Å². The monoisotopic (exact) mass is 163 g/mol. The van der Waals surface area contributed by atoms with Gasteiger partial charge in [0.15, 0.2) is 0 Å². The molecule has 0 aliphatic rings. The second-order valence-corrected chi connectivity index (χ2v) is 2.86. The summed E-state index contributed by atoms with van der Waals surface area (Å²) in [6.07, 6.45) is 2.70. The lowest BCUT2D eigenvalue weighted by Crippen LogP contribution is -1.84. The largest absolute Gasteiger partial charge is 0.361 e. The van der Waals surface area contributed by atoms with Gasteiger partial charge in [-0.15, -0.1) is 0 Å². The number of aromatic nitrogens is 1. The average molecular weight is 163 g/mol. The van der Waals surface area contributed by atoms with Crippen LogP contribution in [0.5, 0.6) is 0 Å². The second kappa shape index (κ2) is 2.63. The molecular formula is C10H10FN. The van der Waals surface area contributed by atoms with Crippen molar-refractivity contribution in [3.8, 4) is 0 Å². The number of aromatic amines is 1. The molecule has 0 saturated carbocycles. The number of H-pyrrole nitrogens is 1. The summed E-state index contributed by atoms with van der Waals surface area (Å²) in [6, 6.07) is 5.10. The molecule has 0 spiro atoms. The summed E-state index contributed by atoms with van der Waals surface area (Å²) in [5.41, 5.74) is 1.94. The lowest BCUT2D eigenvalue weighted by molar-refractivity contribution is 0.627. The molecule has 0 aliphatic heterocycles. The number of hydrogen-bond donors (Lipinski definition) is 1. The minimum atomic E-state index is -0.165. The number of benzene rings is 1. The molecule has 1 N–H and O–H groups in total. The van der Waals surface area contributed by atoms with Crippen LogP contribution in [-0.2, 0) is 6.42 Å². The van der Waals surface area contributed by atoms with Crippen LogP contribution >= 0.6 is 0 Å². The third-order valence-electron chi connectivity index (χ3n) is 2.10. The van der Waals surface area contributed by atoms with Crippen molar-refractivity contribution in [3.63, 3.8) is 0 Å². The average Bonchev–Trinajstić information content (AvgIpc) is 2.50. The smallest absolute Gasteiger partial charge is 0.125 e. The molecule has 0 unspecified atom stereocenters. The molecule has 0 radical (unpaired) electrons. The van der Waals surface area contributed by atoms with E-state index in [1.165, 1.54) is 6.07 Å². The predicted octanol–water partition coefficient (Wildman–Crippen LogP) is 2.87. The molecule has 0 amide bonds. The van der Waals surface area contributed by atoms with Gasteiger partial charge in [-0.2, -0.15) is 0 Å². The van der Waals surface area contributed by atoms with Crippen LogP contribution in [0.3, 0.4) is 0 Å². The lowest BCUT2D eigenvalue weighted by Gasteiger charge is -1.99. The Labute approximate surface area is 70.2 Å². The number of aryl methyl sites for hydroxylation is 1. The molecule has 0 saturated heterocycles. The Morgan fingerprint density at radius 3 is 3.00 bits per heavy atom. The molecule has 1 heterocycles. The van der Waals surface area contributed by atoms with E-state index >= 15 is 0 Å². The number of rotatable bonds is 1. The normalized spacial score (nSPS) is 10.8. The van der Waals surface area contributed by atoms with Crippen LogP contribution in [0.2, 0.25) is 0 Å². The Hall–Kier alpha value is -1.31. The zero-order chi connectivity index (χ0) is 8.55. The summed E-state index contributed by atoms with van der Waals surface area (Å²) >= 11 is 0. The molecule has 2 rings (SSSR count). The first-order valence-electron chi connectivity index (χ1n) is 4.07. The Bertz CT molecular complexity index is 403. The quantitative estimate of drug-likeness (QED) is 0.665. The van der Waals surface area contributed by atoms with Crippen LogP contribution in [0.25, 0.3) is 10.9 Å². The van der Waals surface area contributed by atoms with E-state index in [9.17, 15) is 4.39 Å². The fraction of sp³-hybridized carbons (Fsp3) is 0.200. The van der Waals surface area contributed by atoms with Crippen molar-refractivity contribution < 1.29 is 4.39 Å². The van der Waals surface area contributed by atoms with Gasteiger partial charge < -0.3 is 4.98 Å². The molecule has 0 atom stereocenters. The molecule has 0 bridgehead atoms. The van der Waals surface area contributed by atoms with E-state index in [0.717, 1.165) is 22.9 Å². The maximum atomic E-state index is 12.9. The first-order valence-corrected chi connectivity index (χ1v) is 4.07. The summed E-state index contributed by atoms with van der Waals surface area (Å²) in [4.78, 5) is 3.00. The van der Waals surface area contributed by atoms with Crippen LogP contribution in [0.4, 0.5) is 4.39 Å². The molecule has 62 valence electrons. The van der Waals surface area contributed by atoms with E-state index in [1.54, 1.807) is 6.07 Å². The number of halogens is 1. The Balaban J connectivity index is 2.80. The maximum absolute atomic E-state index is 12.9. The summed E-state index contributed by atoms with van der Waals surface area (Å²) < 4.78 is 12.9. The minimum Gasteiger partial charge on any atom is -0.361 e. The predicted molar refractivity (Wildman–Crippen MR) is 47.6 cm³/mol. The van der Waals surface area contributed by atoms with Gasteiger partial charge in [0.25, 0.3) is 0 Å². The van der Waals surface area contributed by atoms with Crippen molar-refractivity contribution in [2.75, 3.05) is 0 Å². The Morgan fingerprint density at radius 1 is 1.42 bits per heavy atom. The molecule has 0 fully saturated rings. The Morgan fingerprint density at radius 2 is 2.25 bits per heavy atom. The second-order valence-electron chi connectivity index (χ2n) is 2.86. The van der Waals surface area contributed by atoms with Crippen LogP contribution in [0.1, 0.15) is 12.5 Å². The van der Waals surface area contributed by atoms with Crippen molar-refractivity contribution in [1.29, 1.82) is 0 Å². The standard InChI is InChI=1S/C10H10FN/c1-2-7-5-8(11)6-10-9(7)3-4-12-10/h3-6,12H,2H2,1H3. The Kier molecular flexibility index (Phi) is 1.61. The number of fused-ring (bicyclic) bond motifs is 1. The highest BCUT2D eigenvalue weighted by Gasteiger charge is 2.02. The van der Waals surface area contributed by atoms with Gasteiger partial charge in [0, 0.05) is 17.1 Å². The van der Waals surface area contributed by atoms with Crippen LogP contribution in [0, 0.1) is 5.82 Å². The number of nitrogens with one attached hydrogen (secondary N) is 1. The van der Waals surface area contributed by atoms with E-state index in [-0.39, 0.29) is 5.82 Å². The van der Waals surface area contributed by atoms with Gasteiger partial charge in [-0.1, -0.05) is 6.92 Å². The zero-order valence-electron chi connectivity index (χ0n) is 6.89. The topological polar surface area (TPSA) is 15.8 Å². The van der Waals surface area contributed by atoms with Crippen molar-refractivity contribution in [3.05, 3.63) is 35.8 Å². The fourth-order valence-corrected chi connectivity index (χ4v) is 1.50. The van der Waals surface area contributed by atoms with E-state index in [4.69, 9.17) is 0 Å². The molecule has 0 aliphatic carbocycles. The van der Waals surface area contributed by atoms with Crippen LogP contribution in [0.15, 0.2) is 24.4 Å². The summed E-state index contributed by atoms with van der Waals surface area (Å²) in [7, 11) is 0. The minimum absolute atomic E-state index is 0.165. The van der Waals surface area contributed by atoms with Crippen LogP contribution in [-0.4, -0.2) is 4.98 Å². The highest BCUT2D eigenvalue weighted by molar-refractivity contribution is 5.82. The molecule has 1 aromatic carbocycles. The van der Waals surface area contributed by atoms with Crippen molar-refractivity contribution in [2.45, 2.75) is 13.3 Å². The van der Waals surface area contributed by atoms with Gasteiger partial charge in [0.1, 0.15) is 5.82 Å². The molecule has 12 heavy (non-hydrogen) atoms. The van der Waals surface area contributed by atoms with E-state index in [1.807, 2.05) is 19.2 Å². The molecular weight excluding hydrogens is 153 g/mol. The SMILES string of the molecule is CCc1cc(F)cc2[nH]ccc12. The summed E-state index contributed by atoms with van der Waals surface area (Å²) in [5.74, 6) is -0.165.